The molecule has 0 bridgehead atoms. The second-order valence-electron chi connectivity index (χ2n) is 11.1. The van der Waals surface area contributed by atoms with Crippen molar-refractivity contribution >= 4 is 39.6 Å². The minimum Gasteiger partial charge on any atom is -0.462 e. The van der Waals surface area contributed by atoms with Crippen LogP contribution in [0.25, 0.3) is 0 Å². The van der Waals surface area contributed by atoms with Crippen LogP contribution in [0.2, 0.25) is 0 Å². The number of hydrogen-bond donors (Lipinski definition) is 1. The van der Waals surface area contributed by atoms with Gasteiger partial charge in [-0.1, -0.05) is 26.0 Å². The predicted molar refractivity (Wildman–Crippen MR) is 147 cm³/mol. The standard InChI is InChI=1S/C29H30N4O5S/c1-4-38-28(35)24-18-7-5-6-8-22(18)39-27(24)32-20-13-29(2,3)14-21(34)25(20)23(19(15-30)26(32)31)16-9-11-17(12-10-16)33(36)37/h9-12,19,23,31H,4-8,13-14H2,1-3H3. The van der Waals surface area contributed by atoms with Crippen LogP contribution in [0.5, 0.6) is 0 Å². The van der Waals surface area contributed by atoms with Crippen molar-refractivity contribution in [3.8, 4) is 6.07 Å². The summed E-state index contributed by atoms with van der Waals surface area (Å²) in [5, 5.41) is 31.4. The first-order chi connectivity index (χ1) is 18.6. The molecule has 202 valence electrons. The Morgan fingerprint density at radius 2 is 1.95 bits per heavy atom. The second-order valence-corrected chi connectivity index (χ2v) is 12.2. The number of nitriles is 1. The van der Waals surface area contributed by atoms with E-state index >= 15 is 0 Å². The van der Waals surface area contributed by atoms with E-state index in [2.05, 4.69) is 6.07 Å². The Morgan fingerprint density at radius 3 is 2.59 bits per heavy atom. The number of Topliss-reactive ketones (excluding diaryl/α,β-unsaturated/α-hetero) is 1. The minimum atomic E-state index is -1.02. The molecule has 2 aliphatic carbocycles. The molecule has 1 aromatic heterocycles. The molecule has 0 fully saturated rings. The average Bonchev–Trinajstić information content (AvgIpc) is 3.26. The molecule has 9 nitrogen and oxygen atoms in total. The molecule has 2 unspecified atom stereocenters. The first kappa shape index (κ1) is 26.8. The lowest BCUT2D eigenvalue weighted by molar-refractivity contribution is -0.384. The molecule has 0 amide bonds. The first-order valence-corrected chi connectivity index (χ1v) is 14.0. The number of nitro benzene ring substituents is 1. The summed E-state index contributed by atoms with van der Waals surface area (Å²) >= 11 is 1.45. The van der Waals surface area contributed by atoms with E-state index in [9.17, 15) is 30.4 Å². The van der Waals surface area contributed by atoms with Gasteiger partial charge in [-0.05, 0) is 55.6 Å². The molecule has 10 heteroatoms. The highest BCUT2D eigenvalue weighted by atomic mass is 32.1. The number of allylic oxidation sites excluding steroid dienone is 2. The van der Waals surface area contributed by atoms with Gasteiger partial charge in [-0.3, -0.25) is 25.2 Å². The largest absolute Gasteiger partial charge is 0.462 e. The number of aryl methyl sites for hydroxylation is 1. The number of esters is 1. The van der Waals surface area contributed by atoms with Crippen LogP contribution in [0, 0.1) is 38.2 Å². The van der Waals surface area contributed by atoms with Crippen molar-refractivity contribution < 1.29 is 19.2 Å². The Hall–Kier alpha value is -3.84. The smallest absolute Gasteiger partial charge is 0.341 e. The van der Waals surface area contributed by atoms with E-state index in [0.717, 1.165) is 36.1 Å². The Balaban J connectivity index is 1.76. The van der Waals surface area contributed by atoms with Gasteiger partial charge in [-0.25, -0.2) is 4.79 Å². The van der Waals surface area contributed by atoms with Crippen LogP contribution in [-0.4, -0.2) is 29.1 Å². The van der Waals surface area contributed by atoms with Crippen molar-refractivity contribution in [2.45, 2.75) is 65.2 Å². The topological polar surface area (TPSA) is 137 Å². The maximum absolute atomic E-state index is 13.8. The van der Waals surface area contributed by atoms with Crippen molar-refractivity contribution in [2.24, 2.45) is 11.3 Å². The number of fused-ring (bicyclic) bond motifs is 1. The molecule has 1 N–H and O–H groups in total. The zero-order valence-corrected chi connectivity index (χ0v) is 23.0. The van der Waals surface area contributed by atoms with E-state index in [1.54, 1.807) is 24.0 Å². The Kier molecular flexibility index (Phi) is 6.89. The second kappa shape index (κ2) is 10.0. The van der Waals surface area contributed by atoms with Crippen LogP contribution in [0.15, 0.2) is 35.5 Å². The fourth-order valence-corrected chi connectivity index (χ4v) is 7.53. The quantitative estimate of drug-likeness (QED) is 0.273. The monoisotopic (exact) mass is 546 g/mol. The van der Waals surface area contributed by atoms with E-state index < -0.39 is 28.1 Å². The van der Waals surface area contributed by atoms with Gasteiger partial charge in [0.2, 0.25) is 0 Å². The van der Waals surface area contributed by atoms with Gasteiger partial charge in [0.15, 0.2) is 5.78 Å². The SMILES string of the molecule is CCOC(=O)c1c(N2C(=N)C(C#N)C(c3ccc([N+](=O)[O-])cc3)C3=C2CC(C)(C)CC3=O)sc2c1CCCC2. The van der Waals surface area contributed by atoms with Gasteiger partial charge >= 0.3 is 5.97 Å². The molecule has 2 aromatic rings. The summed E-state index contributed by atoms with van der Waals surface area (Å²) in [5.74, 6) is -2.33. The maximum atomic E-state index is 13.8. The molecule has 1 aromatic carbocycles. The zero-order valence-electron chi connectivity index (χ0n) is 22.2. The number of rotatable bonds is 5. The molecule has 0 spiro atoms. The molecule has 39 heavy (non-hydrogen) atoms. The van der Waals surface area contributed by atoms with Gasteiger partial charge in [-0.15, -0.1) is 11.3 Å². The number of non-ortho nitro benzene ring substituents is 1. The van der Waals surface area contributed by atoms with Gasteiger partial charge in [0, 0.05) is 40.6 Å². The number of ketones is 1. The van der Waals surface area contributed by atoms with Gasteiger partial charge in [0.25, 0.3) is 5.69 Å². The molecule has 2 atom stereocenters. The maximum Gasteiger partial charge on any atom is 0.341 e. The lowest BCUT2D eigenvalue weighted by atomic mass is 9.66. The summed E-state index contributed by atoms with van der Waals surface area (Å²) in [5.41, 5.74) is 2.56. The summed E-state index contributed by atoms with van der Waals surface area (Å²) < 4.78 is 5.46. The predicted octanol–water partition coefficient (Wildman–Crippen LogP) is 6.08. The molecular weight excluding hydrogens is 516 g/mol. The van der Waals surface area contributed by atoms with E-state index in [0.29, 0.717) is 33.8 Å². The Morgan fingerprint density at radius 1 is 1.26 bits per heavy atom. The highest BCUT2D eigenvalue weighted by Gasteiger charge is 2.49. The van der Waals surface area contributed by atoms with Gasteiger partial charge in [0.1, 0.15) is 16.8 Å². The van der Waals surface area contributed by atoms with Crippen LogP contribution in [0.4, 0.5) is 10.7 Å². The highest BCUT2D eigenvalue weighted by molar-refractivity contribution is 7.17. The number of amidine groups is 1. The van der Waals surface area contributed by atoms with Crippen LogP contribution in [0.3, 0.4) is 0 Å². The summed E-state index contributed by atoms with van der Waals surface area (Å²) in [6.45, 7) is 5.96. The zero-order chi connectivity index (χ0) is 28.1. The van der Waals surface area contributed by atoms with Gasteiger partial charge in [-0.2, -0.15) is 5.26 Å². The number of ether oxygens (including phenoxy) is 1. The Labute approximate surface area is 230 Å². The van der Waals surface area contributed by atoms with E-state index in [4.69, 9.17) is 4.74 Å². The number of carbonyl (C=O) groups is 2. The fourth-order valence-electron chi connectivity index (χ4n) is 6.12. The molecule has 1 aliphatic heterocycles. The molecular formula is C29H30N4O5S. The summed E-state index contributed by atoms with van der Waals surface area (Å²) in [4.78, 5) is 40.6. The van der Waals surface area contributed by atoms with Crippen LogP contribution >= 0.6 is 11.3 Å². The fraction of sp³-hybridized carbons (Fsp3) is 0.448. The number of benzene rings is 1. The van der Waals surface area contributed by atoms with E-state index in [-0.39, 0.29) is 30.3 Å². The van der Waals surface area contributed by atoms with Crippen molar-refractivity contribution in [3.63, 3.8) is 0 Å². The van der Waals surface area contributed by atoms with E-state index in [1.165, 1.54) is 23.5 Å². The average molecular weight is 547 g/mol. The number of hydrogen-bond acceptors (Lipinski definition) is 8. The summed E-state index contributed by atoms with van der Waals surface area (Å²) in [6, 6.07) is 8.12. The number of thiophene rings is 1. The third kappa shape index (κ3) is 4.55. The number of nitrogens with zero attached hydrogens (tertiary/aromatic N) is 3. The van der Waals surface area contributed by atoms with Crippen LogP contribution < -0.4 is 4.90 Å². The summed E-state index contributed by atoms with van der Waals surface area (Å²) in [6.07, 6.45) is 4.29. The number of anilines is 1. The first-order valence-electron chi connectivity index (χ1n) is 13.2. The molecule has 0 saturated carbocycles. The van der Waals surface area contributed by atoms with E-state index in [1.807, 2.05) is 13.8 Å². The summed E-state index contributed by atoms with van der Waals surface area (Å²) in [7, 11) is 0. The van der Waals surface area contributed by atoms with Gasteiger partial charge < -0.3 is 4.74 Å². The van der Waals surface area contributed by atoms with Crippen molar-refractivity contribution in [2.75, 3.05) is 11.5 Å². The third-order valence-corrected chi connectivity index (χ3v) is 9.06. The normalized spacial score (nSPS) is 22.2. The van der Waals surface area contributed by atoms with Gasteiger partial charge in [0.05, 0.1) is 23.2 Å². The molecule has 3 aliphatic rings. The molecule has 2 heterocycles. The molecule has 0 saturated heterocycles. The number of carbonyl (C=O) groups excluding carboxylic acids is 2. The lowest BCUT2D eigenvalue weighted by Crippen LogP contribution is -2.48. The number of nitrogens with one attached hydrogen (secondary N) is 1. The molecule has 0 radical (unpaired) electrons. The van der Waals surface area contributed by atoms with Crippen LogP contribution in [-0.2, 0) is 22.4 Å². The van der Waals surface area contributed by atoms with Crippen molar-refractivity contribution in [1.29, 1.82) is 10.7 Å². The molecule has 5 rings (SSSR count). The minimum absolute atomic E-state index is 0.00533. The van der Waals surface area contributed by atoms with Crippen molar-refractivity contribution in [1.82, 2.24) is 0 Å². The highest BCUT2D eigenvalue weighted by Crippen LogP contribution is 2.53. The Bertz CT molecular complexity index is 1460. The lowest BCUT2D eigenvalue weighted by Gasteiger charge is -2.45. The van der Waals surface area contributed by atoms with Crippen LogP contribution in [0.1, 0.15) is 78.7 Å². The third-order valence-electron chi connectivity index (χ3n) is 7.78. The number of nitro groups is 1. The van der Waals surface area contributed by atoms with Crippen molar-refractivity contribution in [3.05, 3.63) is 67.2 Å².